The van der Waals surface area contributed by atoms with E-state index in [1.54, 1.807) is 11.8 Å². The lowest BCUT2D eigenvalue weighted by Gasteiger charge is -2.22. The van der Waals surface area contributed by atoms with E-state index in [2.05, 4.69) is 0 Å². The number of carboxylic acids is 1. The van der Waals surface area contributed by atoms with E-state index in [9.17, 15) is 14.7 Å². The monoisotopic (exact) mass is 317 g/mol. The Morgan fingerprint density at radius 1 is 1.35 bits per heavy atom. The summed E-state index contributed by atoms with van der Waals surface area (Å²) < 4.78 is 11.1. The van der Waals surface area contributed by atoms with Gasteiger partial charge < -0.3 is 18.8 Å². The van der Waals surface area contributed by atoms with Gasteiger partial charge in [-0.25, -0.2) is 4.79 Å². The number of hydrogen-bond acceptors (Lipinski definition) is 4. The van der Waals surface area contributed by atoms with Crippen molar-refractivity contribution in [2.75, 3.05) is 6.54 Å². The molecule has 122 valence electrons. The highest BCUT2D eigenvalue weighted by atomic mass is 16.4. The fourth-order valence-corrected chi connectivity index (χ4v) is 3.06. The number of likely N-dealkylation sites (tertiary alicyclic amines) is 1. The molecular weight excluding hydrogens is 298 g/mol. The molecule has 1 aliphatic rings. The summed E-state index contributed by atoms with van der Waals surface area (Å²) in [5.74, 6) is 0.598. The van der Waals surface area contributed by atoms with Gasteiger partial charge in [-0.3, -0.25) is 4.79 Å². The summed E-state index contributed by atoms with van der Waals surface area (Å²) in [7, 11) is 0. The Bertz CT molecular complexity index is 742. The topological polar surface area (TPSA) is 83.9 Å². The van der Waals surface area contributed by atoms with E-state index in [1.165, 1.54) is 6.07 Å². The molecule has 23 heavy (non-hydrogen) atoms. The summed E-state index contributed by atoms with van der Waals surface area (Å²) in [4.78, 5) is 25.7. The van der Waals surface area contributed by atoms with E-state index in [1.807, 2.05) is 19.1 Å². The number of nitrogens with zero attached hydrogens (tertiary/aromatic N) is 1. The third kappa shape index (κ3) is 2.76. The first-order valence-electron chi connectivity index (χ1n) is 7.74. The second-order valence-electron chi connectivity index (χ2n) is 5.71. The van der Waals surface area contributed by atoms with E-state index >= 15 is 0 Å². The van der Waals surface area contributed by atoms with Gasteiger partial charge in [-0.15, -0.1) is 0 Å². The quantitative estimate of drug-likeness (QED) is 0.934. The average Bonchev–Trinajstić information content (AvgIpc) is 3.24. The first kappa shape index (κ1) is 15.4. The van der Waals surface area contributed by atoms with Gasteiger partial charge in [0.15, 0.2) is 5.76 Å². The SMILES string of the molecule is CCc1oc(C(=O)N2CCCC2c2ccc(C)o2)cc1C(=O)O. The van der Waals surface area contributed by atoms with Crippen molar-refractivity contribution in [1.82, 2.24) is 4.90 Å². The maximum Gasteiger partial charge on any atom is 0.339 e. The molecule has 0 radical (unpaired) electrons. The summed E-state index contributed by atoms with van der Waals surface area (Å²) in [6.45, 7) is 4.27. The predicted octanol–water partition coefficient (Wildman–Crippen LogP) is 3.42. The Morgan fingerprint density at radius 2 is 2.13 bits per heavy atom. The smallest absolute Gasteiger partial charge is 0.339 e. The maximum absolute atomic E-state index is 12.7. The van der Waals surface area contributed by atoms with Crippen LogP contribution in [0.3, 0.4) is 0 Å². The molecule has 1 unspecified atom stereocenters. The van der Waals surface area contributed by atoms with Crippen molar-refractivity contribution in [2.24, 2.45) is 0 Å². The number of carbonyl (C=O) groups is 2. The third-order valence-electron chi connectivity index (χ3n) is 4.17. The van der Waals surface area contributed by atoms with Gasteiger partial charge in [0, 0.05) is 19.0 Å². The minimum atomic E-state index is -1.08. The number of furan rings is 2. The molecule has 1 atom stereocenters. The molecule has 3 rings (SSSR count). The average molecular weight is 317 g/mol. The van der Waals surface area contributed by atoms with Crippen LogP contribution in [0.1, 0.15) is 64.0 Å². The lowest BCUT2D eigenvalue weighted by molar-refractivity contribution is 0.0678. The Labute approximate surface area is 133 Å². The number of hydrogen-bond donors (Lipinski definition) is 1. The van der Waals surface area contributed by atoms with Gasteiger partial charge in [0.25, 0.3) is 5.91 Å². The molecule has 6 heteroatoms. The Morgan fingerprint density at radius 3 is 2.70 bits per heavy atom. The molecule has 0 aliphatic carbocycles. The van der Waals surface area contributed by atoms with Crippen LogP contribution < -0.4 is 0 Å². The summed E-state index contributed by atoms with van der Waals surface area (Å²) >= 11 is 0. The van der Waals surface area contributed by atoms with Crippen molar-refractivity contribution >= 4 is 11.9 Å². The van der Waals surface area contributed by atoms with Gasteiger partial charge in [0.05, 0.1) is 6.04 Å². The van der Waals surface area contributed by atoms with Crippen LogP contribution in [-0.2, 0) is 6.42 Å². The van der Waals surface area contributed by atoms with Crippen molar-refractivity contribution < 1.29 is 23.5 Å². The van der Waals surface area contributed by atoms with E-state index in [-0.39, 0.29) is 23.3 Å². The highest BCUT2D eigenvalue weighted by molar-refractivity contribution is 5.96. The van der Waals surface area contributed by atoms with E-state index in [0.717, 1.165) is 24.4 Å². The molecule has 1 fully saturated rings. The highest BCUT2D eigenvalue weighted by Gasteiger charge is 2.34. The Kier molecular flexibility index (Phi) is 3.98. The van der Waals surface area contributed by atoms with E-state index in [0.29, 0.717) is 18.7 Å². The highest BCUT2D eigenvalue weighted by Crippen LogP contribution is 2.34. The molecule has 1 saturated heterocycles. The maximum atomic E-state index is 12.7. The molecule has 0 bridgehead atoms. The predicted molar refractivity (Wildman–Crippen MR) is 81.5 cm³/mol. The van der Waals surface area contributed by atoms with Gasteiger partial charge in [0.2, 0.25) is 0 Å². The van der Waals surface area contributed by atoms with Crippen LogP contribution >= 0.6 is 0 Å². The summed E-state index contributed by atoms with van der Waals surface area (Å²) in [6, 6.07) is 4.96. The number of carboxylic acid groups (broad SMARTS) is 1. The van der Waals surface area contributed by atoms with Gasteiger partial charge in [-0.05, 0) is 31.9 Å². The van der Waals surface area contributed by atoms with Gasteiger partial charge >= 0.3 is 5.97 Å². The zero-order valence-electron chi connectivity index (χ0n) is 13.2. The van der Waals surface area contributed by atoms with Crippen LogP contribution in [0.5, 0.6) is 0 Å². The van der Waals surface area contributed by atoms with Crippen LogP contribution in [0.4, 0.5) is 0 Å². The van der Waals surface area contributed by atoms with Crippen molar-refractivity contribution in [3.63, 3.8) is 0 Å². The van der Waals surface area contributed by atoms with Crippen LogP contribution in [0.15, 0.2) is 27.0 Å². The van der Waals surface area contributed by atoms with Crippen molar-refractivity contribution in [2.45, 2.75) is 39.2 Å². The summed E-state index contributed by atoms with van der Waals surface area (Å²) in [6.07, 6.45) is 2.13. The van der Waals surface area contributed by atoms with Crippen LogP contribution in [-0.4, -0.2) is 28.4 Å². The first-order valence-corrected chi connectivity index (χ1v) is 7.74. The largest absolute Gasteiger partial charge is 0.478 e. The molecule has 0 spiro atoms. The van der Waals surface area contributed by atoms with Gasteiger partial charge in [-0.2, -0.15) is 0 Å². The van der Waals surface area contributed by atoms with Gasteiger partial charge in [0.1, 0.15) is 22.8 Å². The minimum Gasteiger partial charge on any atom is -0.478 e. The Hall–Kier alpha value is -2.50. The number of aromatic carboxylic acids is 1. The van der Waals surface area contributed by atoms with Crippen molar-refractivity contribution in [1.29, 1.82) is 0 Å². The molecule has 0 aromatic carbocycles. The number of amides is 1. The second kappa shape index (κ2) is 5.95. The van der Waals surface area contributed by atoms with Crippen LogP contribution in [0.2, 0.25) is 0 Å². The molecule has 2 aromatic heterocycles. The first-order chi connectivity index (χ1) is 11.0. The number of aryl methyl sites for hydroxylation is 2. The second-order valence-corrected chi connectivity index (χ2v) is 5.71. The molecule has 1 N–H and O–H groups in total. The fourth-order valence-electron chi connectivity index (χ4n) is 3.06. The molecule has 6 nitrogen and oxygen atoms in total. The van der Waals surface area contributed by atoms with Crippen LogP contribution in [0.25, 0.3) is 0 Å². The molecule has 1 amide bonds. The third-order valence-corrected chi connectivity index (χ3v) is 4.17. The van der Waals surface area contributed by atoms with E-state index < -0.39 is 5.97 Å². The standard InChI is InChI=1S/C17H19NO5/c1-3-13-11(17(20)21)9-15(23-13)16(19)18-8-4-5-12(18)14-7-6-10(2)22-14/h6-7,9,12H,3-5,8H2,1-2H3,(H,20,21). The van der Waals surface area contributed by atoms with Crippen molar-refractivity contribution in [3.8, 4) is 0 Å². The van der Waals surface area contributed by atoms with Gasteiger partial charge in [-0.1, -0.05) is 6.92 Å². The fraction of sp³-hybridized carbons (Fsp3) is 0.412. The normalized spacial score (nSPS) is 17.7. The number of rotatable bonds is 4. The minimum absolute atomic E-state index is 0.0560. The summed E-state index contributed by atoms with van der Waals surface area (Å²) in [5.41, 5.74) is 0.0560. The van der Waals surface area contributed by atoms with E-state index in [4.69, 9.17) is 8.83 Å². The Balaban J connectivity index is 1.88. The molecular formula is C17H19NO5. The molecule has 2 aromatic rings. The lowest BCUT2D eigenvalue weighted by atomic mass is 10.1. The van der Waals surface area contributed by atoms with Crippen LogP contribution in [0, 0.1) is 6.92 Å². The number of carbonyl (C=O) groups excluding carboxylic acids is 1. The summed E-state index contributed by atoms with van der Waals surface area (Å²) in [5, 5.41) is 9.19. The lowest BCUT2D eigenvalue weighted by Crippen LogP contribution is -2.30. The molecule has 0 saturated carbocycles. The zero-order valence-corrected chi connectivity index (χ0v) is 13.2. The zero-order chi connectivity index (χ0) is 16.6. The molecule has 3 heterocycles. The molecule has 1 aliphatic heterocycles. The van der Waals surface area contributed by atoms with Crippen molar-refractivity contribution in [3.05, 3.63) is 46.8 Å².